The maximum absolute atomic E-state index is 11.2. The Labute approximate surface area is 164 Å². The first-order valence-electron chi connectivity index (χ1n) is 8.96. The highest BCUT2D eigenvalue weighted by Crippen LogP contribution is 2.21. The molecule has 28 heavy (non-hydrogen) atoms. The normalized spacial score (nSPS) is 10.2. The summed E-state index contributed by atoms with van der Waals surface area (Å²) in [7, 11) is 1.68. The highest BCUT2D eigenvalue weighted by atomic mass is 16.5. The number of aromatic nitrogens is 2. The summed E-state index contributed by atoms with van der Waals surface area (Å²) < 4.78 is 5.38. The Bertz CT molecular complexity index is 945. The third-order valence-corrected chi connectivity index (χ3v) is 4.02. The van der Waals surface area contributed by atoms with Crippen LogP contribution in [0.4, 0.5) is 23.0 Å². The summed E-state index contributed by atoms with van der Waals surface area (Å²) in [5.41, 5.74) is 2.69. The molecule has 3 aromatic rings. The van der Waals surface area contributed by atoms with Crippen LogP contribution in [0.2, 0.25) is 0 Å². The molecule has 0 spiro atoms. The molecule has 1 heterocycles. The van der Waals surface area contributed by atoms with Crippen LogP contribution in [0.5, 0.6) is 5.75 Å². The van der Waals surface area contributed by atoms with Gasteiger partial charge < -0.3 is 20.7 Å². The fourth-order valence-corrected chi connectivity index (χ4v) is 2.78. The number of hydrogen-bond acceptors (Lipinski definition) is 6. The SMILES string of the molecule is COc1ccccc1CCNc1cc(Nc2cccc(NC(C)=O)c2)ncn1. The Kier molecular flexibility index (Phi) is 6.41. The van der Waals surface area contributed by atoms with Crippen LogP contribution >= 0.6 is 0 Å². The van der Waals surface area contributed by atoms with Crippen molar-refractivity contribution in [3.8, 4) is 5.75 Å². The molecule has 3 rings (SSSR count). The van der Waals surface area contributed by atoms with Crippen LogP contribution < -0.4 is 20.7 Å². The number of nitrogens with one attached hydrogen (secondary N) is 3. The first-order chi connectivity index (χ1) is 13.6. The highest BCUT2D eigenvalue weighted by molar-refractivity contribution is 5.89. The Morgan fingerprint density at radius 3 is 2.61 bits per heavy atom. The monoisotopic (exact) mass is 377 g/mol. The fourth-order valence-electron chi connectivity index (χ4n) is 2.78. The molecule has 0 radical (unpaired) electrons. The molecule has 0 atom stereocenters. The smallest absolute Gasteiger partial charge is 0.221 e. The van der Waals surface area contributed by atoms with Gasteiger partial charge in [-0.25, -0.2) is 9.97 Å². The lowest BCUT2D eigenvalue weighted by Crippen LogP contribution is -2.08. The van der Waals surface area contributed by atoms with Crippen LogP contribution in [0.15, 0.2) is 60.9 Å². The molecule has 0 bridgehead atoms. The van der Waals surface area contributed by atoms with E-state index in [-0.39, 0.29) is 5.91 Å². The number of anilines is 4. The molecular weight excluding hydrogens is 354 g/mol. The second kappa shape index (κ2) is 9.36. The second-order valence-electron chi connectivity index (χ2n) is 6.16. The largest absolute Gasteiger partial charge is 0.496 e. The number of ether oxygens (including phenoxy) is 1. The van der Waals surface area contributed by atoms with E-state index in [0.717, 1.165) is 41.5 Å². The summed E-state index contributed by atoms with van der Waals surface area (Å²) in [5.74, 6) is 2.16. The van der Waals surface area contributed by atoms with E-state index in [1.165, 1.54) is 13.3 Å². The summed E-state index contributed by atoms with van der Waals surface area (Å²) in [4.78, 5) is 19.7. The number of hydrogen-bond donors (Lipinski definition) is 3. The Balaban J connectivity index is 1.60. The highest BCUT2D eigenvalue weighted by Gasteiger charge is 2.04. The molecule has 3 N–H and O–H groups in total. The van der Waals surface area contributed by atoms with Crippen LogP contribution in [0.3, 0.4) is 0 Å². The first kappa shape index (κ1) is 19.2. The van der Waals surface area contributed by atoms with Crippen LogP contribution in [-0.4, -0.2) is 29.5 Å². The summed E-state index contributed by atoms with van der Waals surface area (Å²) in [6.07, 6.45) is 2.32. The van der Waals surface area contributed by atoms with Gasteiger partial charge in [-0.1, -0.05) is 24.3 Å². The molecule has 1 aromatic heterocycles. The van der Waals surface area contributed by atoms with E-state index in [2.05, 4.69) is 32.0 Å². The number of benzene rings is 2. The first-order valence-corrected chi connectivity index (χ1v) is 8.96. The number of methoxy groups -OCH3 is 1. The van der Waals surface area contributed by atoms with Gasteiger partial charge in [0.2, 0.25) is 5.91 Å². The molecule has 7 nitrogen and oxygen atoms in total. The summed E-state index contributed by atoms with van der Waals surface area (Å²) in [6, 6.07) is 17.2. The minimum Gasteiger partial charge on any atom is -0.496 e. The van der Waals surface area contributed by atoms with Crippen molar-refractivity contribution in [1.82, 2.24) is 9.97 Å². The van der Waals surface area contributed by atoms with E-state index in [1.807, 2.05) is 48.5 Å². The Morgan fingerprint density at radius 1 is 1.00 bits per heavy atom. The van der Waals surface area contributed by atoms with Crippen molar-refractivity contribution in [3.63, 3.8) is 0 Å². The predicted molar refractivity (Wildman–Crippen MR) is 111 cm³/mol. The zero-order valence-electron chi connectivity index (χ0n) is 15.9. The topological polar surface area (TPSA) is 88.2 Å². The minimum atomic E-state index is -0.110. The van der Waals surface area contributed by atoms with Gasteiger partial charge in [0, 0.05) is 30.9 Å². The molecule has 0 fully saturated rings. The number of para-hydroxylation sites is 1. The van der Waals surface area contributed by atoms with Crippen molar-refractivity contribution in [3.05, 3.63) is 66.5 Å². The van der Waals surface area contributed by atoms with E-state index in [1.54, 1.807) is 7.11 Å². The molecule has 0 aliphatic heterocycles. The molecule has 0 aliphatic carbocycles. The molecule has 0 unspecified atom stereocenters. The lowest BCUT2D eigenvalue weighted by atomic mass is 10.1. The van der Waals surface area contributed by atoms with Gasteiger partial charge in [0.25, 0.3) is 0 Å². The second-order valence-corrected chi connectivity index (χ2v) is 6.16. The average molecular weight is 377 g/mol. The van der Waals surface area contributed by atoms with Gasteiger partial charge in [-0.15, -0.1) is 0 Å². The molecule has 1 amide bonds. The van der Waals surface area contributed by atoms with Gasteiger partial charge in [-0.2, -0.15) is 0 Å². The zero-order chi connectivity index (χ0) is 19.8. The van der Waals surface area contributed by atoms with Crippen LogP contribution in [0.25, 0.3) is 0 Å². The van der Waals surface area contributed by atoms with Gasteiger partial charge in [-0.05, 0) is 36.2 Å². The lowest BCUT2D eigenvalue weighted by Gasteiger charge is -2.11. The van der Waals surface area contributed by atoms with Crippen LogP contribution in [-0.2, 0) is 11.2 Å². The Hall–Kier alpha value is -3.61. The summed E-state index contributed by atoms with van der Waals surface area (Å²) in [5, 5.41) is 9.29. The average Bonchev–Trinajstić information content (AvgIpc) is 2.68. The van der Waals surface area contributed by atoms with Crippen molar-refractivity contribution in [2.24, 2.45) is 0 Å². The number of amides is 1. The van der Waals surface area contributed by atoms with Crippen LogP contribution in [0.1, 0.15) is 12.5 Å². The van der Waals surface area contributed by atoms with E-state index >= 15 is 0 Å². The van der Waals surface area contributed by atoms with E-state index in [9.17, 15) is 4.79 Å². The molecule has 0 aliphatic rings. The van der Waals surface area contributed by atoms with Crippen molar-refractivity contribution < 1.29 is 9.53 Å². The van der Waals surface area contributed by atoms with E-state index in [0.29, 0.717) is 5.82 Å². The van der Waals surface area contributed by atoms with Gasteiger partial charge in [0.05, 0.1) is 7.11 Å². The minimum absolute atomic E-state index is 0.110. The summed E-state index contributed by atoms with van der Waals surface area (Å²) >= 11 is 0. The third-order valence-electron chi connectivity index (χ3n) is 4.02. The number of carbonyl (C=O) groups is 1. The van der Waals surface area contributed by atoms with Crippen molar-refractivity contribution >= 4 is 28.9 Å². The van der Waals surface area contributed by atoms with Gasteiger partial charge in [0.15, 0.2) is 0 Å². The molecule has 2 aromatic carbocycles. The Morgan fingerprint density at radius 2 is 1.79 bits per heavy atom. The molecule has 0 saturated carbocycles. The van der Waals surface area contributed by atoms with E-state index in [4.69, 9.17) is 4.74 Å². The lowest BCUT2D eigenvalue weighted by molar-refractivity contribution is -0.114. The maximum atomic E-state index is 11.2. The fraction of sp³-hybridized carbons (Fsp3) is 0.190. The molecule has 0 saturated heterocycles. The van der Waals surface area contributed by atoms with Gasteiger partial charge >= 0.3 is 0 Å². The standard InChI is InChI=1S/C21H23N5O2/c1-15(27)25-17-7-5-8-18(12-17)26-21-13-20(23-14-24-21)22-11-10-16-6-3-4-9-19(16)28-2/h3-9,12-14H,10-11H2,1-2H3,(H,25,27)(H2,22,23,24,26). The van der Waals surface area contributed by atoms with Gasteiger partial charge in [-0.3, -0.25) is 4.79 Å². The maximum Gasteiger partial charge on any atom is 0.221 e. The van der Waals surface area contributed by atoms with Crippen molar-refractivity contribution in [1.29, 1.82) is 0 Å². The zero-order valence-corrected chi connectivity index (χ0v) is 15.9. The molecule has 7 heteroatoms. The number of nitrogens with zero attached hydrogens (tertiary/aromatic N) is 2. The van der Waals surface area contributed by atoms with Crippen LogP contribution in [0, 0.1) is 0 Å². The molecule has 144 valence electrons. The van der Waals surface area contributed by atoms with Crippen molar-refractivity contribution in [2.45, 2.75) is 13.3 Å². The van der Waals surface area contributed by atoms with Gasteiger partial charge in [0.1, 0.15) is 23.7 Å². The third kappa shape index (κ3) is 5.44. The van der Waals surface area contributed by atoms with E-state index < -0.39 is 0 Å². The molecular formula is C21H23N5O2. The predicted octanol–water partition coefficient (Wildman–Crippen LogP) is 3.84. The summed E-state index contributed by atoms with van der Waals surface area (Å²) in [6.45, 7) is 2.20. The van der Waals surface area contributed by atoms with Crippen molar-refractivity contribution in [2.75, 3.05) is 29.6 Å². The quantitative estimate of drug-likeness (QED) is 0.553. The number of rotatable bonds is 8. The number of carbonyl (C=O) groups excluding carboxylic acids is 1.